The Morgan fingerprint density at radius 1 is 1.02 bits per heavy atom. The van der Waals surface area contributed by atoms with Crippen molar-refractivity contribution >= 4 is 40.9 Å². The van der Waals surface area contributed by atoms with Crippen LogP contribution in [0.15, 0.2) is 48.6 Å². The molecule has 0 aromatic heterocycles. The van der Waals surface area contributed by atoms with Gasteiger partial charge in [-0.3, -0.25) is 14.4 Å². The van der Waals surface area contributed by atoms with Crippen molar-refractivity contribution in [3.05, 3.63) is 80.8 Å². The van der Waals surface area contributed by atoms with Crippen molar-refractivity contribution in [3.8, 4) is 0 Å². The molecule has 6 nitrogen and oxygen atoms in total. The number of carbonyl (C=O) groups excluding carboxylic acids is 3. The number of amides is 3. The molecule has 2 atom stereocenters. The maximum atomic E-state index is 13.4. The normalized spacial score (nSPS) is 17.1. The van der Waals surface area contributed by atoms with Gasteiger partial charge in [0, 0.05) is 25.2 Å². The van der Waals surface area contributed by atoms with Crippen LogP contribution in [-0.4, -0.2) is 48.3 Å². The predicted octanol–water partition coefficient (Wildman–Crippen LogP) is 6.06. The van der Waals surface area contributed by atoms with Crippen LogP contribution in [0.5, 0.6) is 0 Å². The van der Waals surface area contributed by atoms with Crippen LogP contribution in [0.1, 0.15) is 46.3 Å². The van der Waals surface area contributed by atoms with Gasteiger partial charge in [0.1, 0.15) is 6.04 Å². The highest BCUT2D eigenvalue weighted by Crippen LogP contribution is 2.36. The van der Waals surface area contributed by atoms with E-state index in [4.69, 9.17) is 23.2 Å². The molecule has 1 fully saturated rings. The number of carbonyl (C=O) groups is 3. The molecule has 1 saturated heterocycles. The fourth-order valence-electron chi connectivity index (χ4n) is 4.17. The lowest BCUT2D eigenvalue weighted by molar-refractivity contribution is -0.143. The standard InChI is InChI=1S/C27H25Cl2F6N3O3/c1-38(25(41)16-12-17(26(30,31)32)14-18(13-16)27(33,34)35)19(10-15-5-7-20(28)21(29)11-15)6-8-23(39)37-22-4-2-3-9-36-24(22)40/h5-8,11-14,19,22H,2-4,9-10H2,1H3,(H,36,40)(H,37,39)/b8-6+/t19-,22-/m1/s1. The maximum absolute atomic E-state index is 13.4. The number of benzene rings is 2. The predicted molar refractivity (Wildman–Crippen MR) is 140 cm³/mol. The highest BCUT2D eigenvalue weighted by molar-refractivity contribution is 6.42. The van der Waals surface area contributed by atoms with Crippen molar-refractivity contribution in [2.75, 3.05) is 13.6 Å². The number of alkyl halides is 6. The summed E-state index contributed by atoms with van der Waals surface area (Å²) in [4.78, 5) is 39.0. The van der Waals surface area contributed by atoms with Gasteiger partial charge in [0.05, 0.1) is 27.2 Å². The topological polar surface area (TPSA) is 78.5 Å². The molecule has 2 N–H and O–H groups in total. The first kappa shape index (κ1) is 32.3. The maximum Gasteiger partial charge on any atom is 0.416 e. The molecule has 14 heteroatoms. The third-order valence-corrected chi connectivity index (χ3v) is 7.14. The van der Waals surface area contributed by atoms with E-state index in [9.17, 15) is 40.7 Å². The molecule has 0 spiro atoms. The summed E-state index contributed by atoms with van der Waals surface area (Å²) in [5, 5.41) is 5.64. The zero-order valence-electron chi connectivity index (χ0n) is 21.5. The van der Waals surface area contributed by atoms with E-state index in [2.05, 4.69) is 10.6 Å². The Kier molecular flexibility index (Phi) is 10.4. The van der Waals surface area contributed by atoms with Crippen molar-refractivity contribution in [2.24, 2.45) is 0 Å². The molecule has 41 heavy (non-hydrogen) atoms. The summed E-state index contributed by atoms with van der Waals surface area (Å²) in [7, 11) is 1.18. The molecule has 0 bridgehead atoms. The second kappa shape index (κ2) is 13.2. The zero-order valence-corrected chi connectivity index (χ0v) is 23.0. The highest BCUT2D eigenvalue weighted by Gasteiger charge is 2.38. The first-order valence-electron chi connectivity index (χ1n) is 12.3. The van der Waals surface area contributed by atoms with Crippen LogP contribution in [-0.2, 0) is 28.4 Å². The Bertz CT molecular complexity index is 1300. The third-order valence-electron chi connectivity index (χ3n) is 6.40. The van der Waals surface area contributed by atoms with Crippen molar-refractivity contribution in [1.29, 1.82) is 0 Å². The molecule has 2 aromatic carbocycles. The minimum Gasteiger partial charge on any atom is -0.354 e. The van der Waals surface area contributed by atoms with Gasteiger partial charge in [-0.15, -0.1) is 0 Å². The zero-order chi connectivity index (χ0) is 30.5. The summed E-state index contributed by atoms with van der Waals surface area (Å²) in [6.07, 6.45) is -6.14. The van der Waals surface area contributed by atoms with E-state index >= 15 is 0 Å². The second-order valence-electron chi connectivity index (χ2n) is 9.44. The van der Waals surface area contributed by atoms with Gasteiger partial charge in [0.25, 0.3) is 5.91 Å². The van der Waals surface area contributed by atoms with Gasteiger partial charge in [-0.05, 0) is 61.6 Å². The van der Waals surface area contributed by atoms with Crippen LogP contribution in [0.3, 0.4) is 0 Å². The average molecular weight is 624 g/mol. The molecule has 0 saturated carbocycles. The van der Waals surface area contributed by atoms with E-state index in [0.717, 1.165) is 17.4 Å². The molecular weight excluding hydrogens is 599 g/mol. The molecule has 222 valence electrons. The smallest absolute Gasteiger partial charge is 0.354 e. The van der Waals surface area contributed by atoms with Gasteiger partial charge >= 0.3 is 12.4 Å². The lowest BCUT2D eigenvalue weighted by Gasteiger charge is -2.27. The van der Waals surface area contributed by atoms with E-state index in [-0.39, 0.29) is 28.4 Å². The van der Waals surface area contributed by atoms with Gasteiger partial charge in [-0.1, -0.05) is 35.3 Å². The highest BCUT2D eigenvalue weighted by atomic mass is 35.5. The van der Waals surface area contributed by atoms with Gasteiger partial charge in [0.2, 0.25) is 11.8 Å². The van der Waals surface area contributed by atoms with E-state index < -0.39 is 52.9 Å². The fourth-order valence-corrected chi connectivity index (χ4v) is 4.49. The van der Waals surface area contributed by atoms with E-state index in [1.54, 1.807) is 6.07 Å². The minimum atomic E-state index is -5.14. The van der Waals surface area contributed by atoms with Gasteiger partial charge in [-0.25, -0.2) is 0 Å². The van der Waals surface area contributed by atoms with Crippen molar-refractivity contribution in [3.63, 3.8) is 0 Å². The van der Waals surface area contributed by atoms with Gasteiger partial charge < -0.3 is 15.5 Å². The van der Waals surface area contributed by atoms with Gasteiger partial charge in [-0.2, -0.15) is 26.3 Å². The Morgan fingerprint density at radius 2 is 1.66 bits per heavy atom. The molecule has 1 aliphatic heterocycles. The first-order valence-corrected chi connectivity index (χ1v) is 13.1. The summed E-state index contributed by atoms with van der Waals surface area (Å²) in [5.41, 5.74) is -3.61. The fraction of sp³-hybridized carbons (Fsp3) is 0.370. The SMILES string of the molecule is CN(C(=O)c1cc(C(F)(F)F)cc(C(F)(F)F)c1)[C@H](/C=C/C(=O)N[C@@H]1CCCCNC1=O)Cc1ccc(Cl)c(Cl)c1. The number of likely N-dealkylation sites (N-methyl/N-ethyl adjacent to an activating group) is 1. The van der Waals surface area contributed by atoms with Crippen LogP contribution in [0.2, 0.25) is 10.0 Å². The molecule has 2 aromatic rings. The van der Waals surface area contributed by atoms with Crippen molar-refractivity contribution < 1.29 is 40.7 Å². The molecule has 0 radical (unpaired) electrons. The van der Waals surface area contributed by atoms with Crippen LogP contribution < -0.4 is 10.6 Å². The summed E-state index contributed by atoms with van der Waals surface area (Å²) in [5.74, 6) is -2.18. The van der Waals surface area contributed by atoms with Gasteiger partial charge in [0.15, 0.2) is 0 Å². The lowest BCUT2D eigenvalue weighted by atomic mass is 10.0. The van der Waals surface area contributed by atoms with Crippen molar-refractivity contribution in [2.45, 2.75) is 50.1 Å². The Hall–Kier alpha value is -3.25. The largest absolute Gasteiger partial charge is 0.416 e. The quantitative estimate of drug-likeness (QED) is 0.291. The Labute approximate surface area is 241 Å². The number of hydrogen-bond donors (Lipinski definition) is 2. The second-order valence-corrected chi connectivity index (χ2v) is 10.3. The van der Waals surface area contributed by atoms with Crippen LogP contribution in [0.4, 0.5) is 26.3 Å². The summed E-state index contributed by atoms with van der Waals surface area (Å²) < 4.78 is 80.2. The van der Waals surface area contributed by atoms with E-state index in [0.29, 0.717) is 37.1 Å². The summed E-state index contributed by atoms with van der Waals surface area (Å²) >= 11 is 12.0. The molecule has 1 heterocycles. The molecule has 0 unspecified atom stereocenters. The van der Waals surface area contributed by atoms with Crippen LogP contribution >= 0.6 is 23.2 Å². The molecule has 3 amide bonds. The lowest BCUT2D eigenvalue weighted by Crippen LogP contribution is -2.45. The number of hydrogen-bond acceptors (Lipinski definition) is 3. The minimum absolute atomic E-state index is 0.0298. The number of nitrogens with one attached hydrogen (secondary N) is 2. The number of rotatable bonds is 7. The molecule has 3 rings (SSSR count). The molecule has 0 aliphatic carbocycles. The van der Waals surface area contributed by atoms with E-state index in [1.165, 1.54) is 25.3 Å². The Balaban J connectivity index is 1.94. The summed E-state index contributed by atoms with van der Waals surface area (Å²) in [6.45, 7) is 0.477. The van der Waals surface area contributed by atoms with Crippen LogP contribution in [0, 0.1) is 0 Å². The first-order chi connectivity index (χ1) is 19.1. The molecular formula is C27H25Cl2F6N3O3. The third kappa shape index (κ3) is 8.87. The number of halogens is 8. The van der Waals surface area contributed by atoms with Crippen molar-refractivity contribution in [1.82, 2.24) is 15.5 Å². The number of nitrogens with zero attached hydrogens (tertiary/aromatic N) is 1. The average Bonchev–Trinajstić information content (AvgIpc) is 3.10. The monoisotopic (exact) mass is 623 g/mol. The Morgan fingerprint density at radius 3 is 2.24 bits per heavy atom. The van der Waals surface area contributed by atoms with E-state index in [1.807, 2.05) is 0 Å². The molecule has 1 aliphatic rings. The van der Waals surface area contributed by atoms with Crippen LogP contribution in [0.25, 0.3) is 0 Å². The summed E-state index contributed by atoms with van der Waals surface area (Å²) in [6, 6.07) is 3.31.